The van der Waals surface area contributed by atoms with Crippen LogP contribution in [-0.2, 0) is 4.79 Å². The maximum atomic E-state index is 11.4. The summed E-state index contributed by atoms with van der Waals surface area (Å²) in [5.74, 6) is 0.450. The fourth-order valence-corrected chi connectivity index (χ4v) is 3.89. The highest BCUT2D eigenvalue weighted by molar-refractivity contribution is 5.97. The molecule has 0 atom stereocenters. The van der Waals surface area contributed by atoms with E-state index in [0.717, 1.165) is 38.6 Å². The summed E-state index contributed by atoms with van der Waals surface area (Å²) in [5, 5.41) is 11.1. The molecule has 0 aromatic carbocycles. The van der Waals surface area contributed by atoms with Gasteiger partial charge in [0.15, 0.2) is 5.82 Å². The van der Waals surface area contributed by atoms with Gasteiger partial charge in [0, 0.05) is 53.8 Å². The van der Waals surface area contributed by atoms with Gasteiger partial charge in [-0.3, -0.25) is 29.8 Å². The van der Waals surface area contributed by atoms with Crippen molar-refractivity contribution in [2.24, 2.45) is 0 Å². The van der Waals surface area contributed by atoms with Crippen LogP contribution in [0.1, 0.15) is 6.92 Å². The standard InChI is InChI=1S/C24H17N9O/c1-13(34)29-16-5-15(8-26-9-16)19-6-17-20(12-28-19)32-33-23(17)24-30-21-11-27-10-18(22(21)31-24)14-3-2-4-25-7-14/h2-12H,1H3,(H,29,34)(H,30,31)(H,32,33). The zero-order valence-corrected chi connectivity index (χ0v) is 17.9. The average molecular weight is 447 g/mol. The Balaban J connectivity index is 1.46. The lowest BCUT2D eigenvalue weighted by atomic mass is 10.1. The first kappa shape index (κ1) is 19.7. The number of nitrogens with zero attached hydrogens (tertiary/aromatic N) is 6. The van der Waals surface area contributed by atoms with Gasteiger partial charge in [-0.15, -0.1) is 0 Å². The Morgan fingerprint density at radius 3 is 2.68 bits per heavy atom. The normalized spacial score (nSPS) is 11.2. The first-order valence-corrected chi connectivity index (χ1v) is 10.5. The number of nitrogens with one attached hydrogen (secondary N) is 3. The summed E-state index contributed by atoms with van der Waals surface area (Å²) in [7, 11) is 0. The van der Waals surface area contributed by atoms with Crippen molar-refractivity contribution in [3.05, 3.63) is 67.6 Å². The van der Waals surface area contributed by atoms with Gasteiger partial charge < -0.3 is 10.3 Å². The number of H-pyrrole nitrogens is 2. The third-order valence-corrected chi connectivity index (χ3v) is 5.39. The summed E-state index contributed by atoms with van der Waals surface area (Å²) in [5.41, 5.74) is 6.92. The minimum Gasteiger partial charge on any atom is -0.335 e. The molecule has 6 rings (SSSR count). The molecule has 0 aliphatic rings. The largest absolute Gasteiger partial charge is 0.335 e. The Hall–Kier alpha value is -4.99. The molecule has 10 nitrogen and oxygen atoms in total. The van der Waals surface area contributed by atoms with Crippen LogP contribution in [0, 0.1) is 0 Å². The minimum absolute atomic E-state index is 0.162. The van der Waals surface area contributed by atoms with Crippen LogP contribution in [0.25, 0.3) is 55.8 Å². The van der Waals surface area contributed by atoms with Crippen LogP contribution < -0.4 is 5.32 Å². The van der Waals surface area contributed by atoms with Gasteiger partial charge >= 0.3 is 0 Å². The molecule has 6 aromatic heterocycles. The number of hydrogen-bond donors (Lipinski definition) is 3. The van der Waals surface area contributed by atoms with Crippen molar-refractivity contribution in [1.82, 2.24) is 40.1 Å². The van der Waals surface area contributed by atoms with Crippen LogP contribution in [0.15, 0.2) is 67.6 Å². The van der Waals surface area contributed by atoms with Crippen molar-refractivity contribution in [2.75, 3.05) is 5.32 Å². The minimum atomic E-state index is -0.162. The highest BCUT2D eigenvalue weighted by Crippen LogP contribution is 2.32. The van der Waals surface area contributed by atoms with Crippen LogP contribution in [0.5, 0.6) is 0 Å². The predicted octanol–water partition coefficient (Wildman–Crippen LogP) is 3.98. The van der Waals surface area contributed by atoms with Crippen LogP contribution >= 0.6 is 0 Å². The average Bonchev–Trinajstić information content (AvgIpc) is 3.48. The van der Waals surface area contributed by atoms with Crippen molar-refractivity contribution in [2.45, 2.75) is 6.92 Å². The van der Waals surface area contributed by atoms with Crippen molar-refractivity contribution >= 4 is 33.5 Å². The fourth-order valence-electron chi connectivity index (χ4n) is 3.89. The highest BCUT2D eigenvalue weighted by Gasteiger charge is 2.16. The summed E-state index contributed by atoms with van der Waals surface area (Å²) in [6.07, 6.45) is 12.1. The summed E-state index contributed by atoms with van der Waals surface area (Å²) in [6.45, 7) is 1.46. The van der Waals surface area contributed by atoms with Crippen molar-refractivity contribution in [3.8, 4) is 33.9 Å². The summed E-state index contributed by atoms with van der Waals surface area (Å²) >= 11 is 0. The molecule has 0 bridgehead atoms. The molecule has 6 heterocycles. The molecule has 0 spiro atoms. The van der Waals surface area contributed by atoms with E-state index in [0.29, 0.717) is 22.9 Å². The number of pyridine rings is 4. The molecule has 6 aromatic rings. The van der Waals surface area contributed by atoms with E-state index in [1.54, 1.807) is 43.4 Å². The fraction of sp³-hybridized carbons (Fsp3) is 0.0417. The molecule has 0 radical (unpaired) electrons. The number of fused-ring (bicyclic) bond motifs is 2. The first-order valence-electron chi connectivity index (χ1n) is 10.5. The predicted molar refractivity (Wildman–Crippen MR) is 128 cm³/mol. The molecular weight excluding hydrogens is 430 g/mol. The van der Waals surface area contributed by atoms with E-state index >= 15 is 0 Å². The third-order valence-electron chi connectivity index (χ3n) is 5.39. The molecule has 1 amide bonds. The number of imidazole rings is 1. The van der Waals surface area contributed by atoms with Gasteiger partial charge in [0.2, 0.25) is 5.91 Å². The molecule has 164 valence electrons. The molecule has 0 saturated heterocycles. The zero-order chi connectivity index (χ0) is 23.1. The van der Waals surface area contributed by atoms with Crippen LogP contribution in [-0.4, -0.2) is 46.0 Å². The van der Waals surface area contributed by atoms with E-state index in [-0.39, 0.29) is 5.91 Å². The van der Waals surface area contributed by atoms with E-state index in [2.05, 4.69) is 40.4 Å². The van der Waals surface area contributed by atoms with E-state index in [1.165, 1.54) is 6.92 Å². The van der Waals surface area contributed by atoms with E-state index < -0.39 is 0 Å². The van der Waals surface area contributed by atoms with Gasteiger partial charge in [-0.1, -0.05) is 6.07 Å². The molecule has 0 saturated carbocycles. The van der Waals surface area contributed by atoms with E-state index in [1.807, 2.05) is 24.3 Å². The summed E-state index contributed by atoms with van der Waals surface area (Å²) < 4.78 is 0. The first-order chi connectivity index (χ1) is 16.7. The molecule has 0 aliphatic carbocycles. The Morgan fingerprint density at radius 1 is 0.941 bits per heavy atom. The summed E-state index contributed by atoms with van der Waals surface area (Å²) in [4.78, 5) is 36.9. The molecular formula is C24H17N9O. The van der Waals surface area contributed by atoms with Gasteiger partial charge in [0.25, 0.3) is 0 Å². The number of rotatable bonds is 4. The number of anilines is 1. The van der Waals surface area contributed by atoms with Crippen LogP contribution in [0.4, 0.5) is 5.69 Å². The van der Waals surface area contributed by atoms with Crippen molar-refractivity contribution < 1.29 is 4.79 Å². The maximum absolute atomic E-state index is 11.4. The van der Waals surface area contributed by atoms with Crippen molar-refractivity contribution in [1.29, 1.82) is 0 Å². The van der Waals surface area contributed by atoms with Gasteiger partial charge in [-0.25, -0.2) is 4.98 Å². The zero-order valence-electron chi connectivity index (χ0n) is 17.9. The maximum Gasteiger partial charge on any atom is 0.221 e. The molecule has 0 unspecified atom stereocenters. The number of hydrogen-bond acceptors (Lipinski definition) is 7. The van der Waals surface area contributed by atoms with Crippen LogP contribution in [0.3, 0.4) is 0 Å². The Morgan fingerprint density at radius 2 is 1.82 bits per heavy atom. The quantitative estimate of drug-likeness (QED) is 0.371. The third kappa shape index (κ3) is 3.43. The van der Waals surface area contributed by atoms with Gasteiger partial charge in [-0.2, -0.15) is 5.10 Å². The topological polar surface area (TPSA) is 138 Å². The number of aromatic nitrogens is 8. The molecule has 3 N–H and O–H groups in total. The lowest BCUT2D eigenvalue weighted by molar-refractivity contribution is -0.114. The lowest BCUT2D eigenvalue weighted by Gasteiger charge is -2.05. The monoisotopic (exact) mass is 447 g/mol. The number of carbonyl (C=O) groups excluding carboxylic acids is 1. The molecule has 0 fully saturated rings. The van der Waals surface area contributed by atoms with Crippen molar-refractivity contribution in [3.63, 3.8) is 0 Å². The van der Waals surface area contributed by atoms with E-state index in [9.17, 15) is 4.79 Å². The highest BCUT2D eigenvalue weighted by atomic mass is 16.1. The molecule has 34 heavy (non-hydrogen) atoms. The Labute approximate surface area is 192 Å². The lowest BCUT2D eigenvalue weighted by Crippen LogP contribution is -2.06. The molecule has 0 aliphatic heterocycles. The SMILES string of the molecule is CC(=O)Nc1cncc(-c2cc3c(-c4nc5c(-c6cccnc6)cncc5[nH]4)n[nH]c3cn2)c1. The molecule has 10 heteroatoms. The second kappa shape index (κ2) is 7.85. The number of aromatic amines is 2. The number of amides is 1. The second-order valence-corrected chi connectivity index (χ2v) is 7.74. The van der Waals surface area contributed by atoms with Gasteiger partial charge in [0.1, 0.15) is 11.2 Å². The van der Waals surface area contributed by atoms with E-state index in [4.69, 9.17) is 4.98 Å². The Kier molecular flexibility index (Phi) is 4.54. The number of carbonyl (C=O) groups is 1. The second-order valence-electron chi connectivity index (χ2n) is 7.74. The Bertz CT molecular complexity index is 1670. The smallest absolute Gasteiger partial charge is 0.221 e. The summed E-state index contributed by atoms with van der Waals surface area (Å²) in [6, 6.07) is 7.61. The van der Waals surface area contributed by atoms with Gasteiger partial charge in [-0.05, 0) is 18.2 Å². The van der Waals surface area contributed by atoms with Gasteiger partial charge in [0.05, 0.1) is 41.0 Å². The van der Waals surface area contributed by atoms with Crippen LogP contribution in [0.2, 0.25) is 0 Å².